The summed E-state index contributed by atoms with van der Waals surface area (Å²) in [5.41, 5.74) is 7.42. The van der Waals surface area contributed by atoms with Crippen molar-refractivity contribution in [1.29, 1.82) is 0 Å². The molecule has 2 aromatic rings. The summed E-state index contributed by atoms with van der Waals surface area (Å²) in [5.74, 6) is 3.31. The maximum Gasteiger partial charge on any atom is 0.244 e. The maximum atomic E-state index is 5.72. The summed E-state index contributed by atoms with van der Waals surface area (Å²) >= 11 is 1.44. The lowest BCUT2D eigenvalue weighted by molar-refractivity contribution is 0.357. The first-order valence-corrected chi connectivity index (χ1v) is 5.10. The van der Waals surface area contributed by atoms with Crippen molar-refractivity contribution in [3.8, 4) is 23.0 Å². The topological polar surface area (TPSA) is 77.8 Å². The van der Waals surface area contributed by atoms with E-state index in [0.717, 1.165) is 4.88 Å². The van der Waals surface area contributed by atoms with Gasteiger partial charge in [0.2, 0.25) is 11.7 Å². The molecule has 0 bridgehead atoms. The molecular formula is C9H8N4OS. The first-order valence-electron chi connectivity index (χ1n) is 4.22. The molecule has 0 aromatic carbocycles. The Hall–Kier alpha value is -1.71. The van der Waals surface area contributed by atoms with Crippen LogP contribution in [0.1, 0.15) is 18.4 Å². The number of nitrogens with zero attached hydrogens (tertiary/aromatic N) is 3. The Labute approximate surface area is 90.3 Å². The smallest absolute Gasteiger partial charge is 0.244 e. The van der Waals surface area contributed by atoms with E-state index in [2.05, 4.69) is 21.0 Å². The van der Waals surface area contributed by atoms with Gasteiger partial charge in [-0.1, -0.05) is 5.16 Å². The van der Waals surface area contributed by atoms with Gasteiger partial charge < -0.3 is 10.3 Å². The number of terminal acetylenes is 1. The van der Waals surface area contributed by atoms with Crippen molar-refractivity contribution in [1.82, 2.24) is 15.1 Å². The van der Waals surface area contributed by atoms with E-state index in [1.165, 1.54) is 11.3 Å². The molecule has 0 amide bonds. The standard InChI is InChI=1S/C9H8N4OS/c1-2-3-6(10)9-12-8(13-14-9)7-4-11-5-15-7/h1,4-6H,3,10H2. The van der Waals surface area contributed by atoms with Crippen molar-refractivity contribution in [3.63, 3.8) is 0 Å². The Balaban J connectivity index is 2.22. The molecule has 2 rings (SSSR count). The highest BCUT2D eigenvalue weighted by Gasteiger charge is 2.15. The van der Waals surface area contributed by atoms with Gasteiger partial charge in [-0.05, 0) is 0 Å². The second kappa shape index (κ2) is 4.21. The van der Waals surface area contributed by atoms with Crippen LogP contribution in [0.5, 0.6) is 0 Å². The van der Waals surface area contributed by atoms with Gasteiger partial charge in [-0.2, -0.15) is 4.98 Å². The SMILES string of the molecule is C#CCC(N)c1nc(-c2cncs2)no1. The van der Waals surface area contributed by atoms with Crippen LogP contribution < -0.4 is 5.73 Å². The lowest BCUT2D eigenvalue weighted by Gasteiger charge is -1.98. The van der Waals surface area contributed by atoms with Crippen LogP contribution in [-0.4, -0.2) is 15.1 Å². The zero-order valence-electron chi connectivity index (χ0n) is 7.75. The Kier molecular flexibility index (Phi) is 2.76. The van der Waals surface area contributed by atoms with Gasteiger partial charge in [0.25, 0.3) is 0 Å². The zero-order chi connectivity index (χ0) is 10.7. The van der Waals surface area contributed by atoms with Gasteiger partial charge in [-0.3, -0.25) is 4.98 Å². The van der Waals surface area contributed by atoms with Crippen molar-refractivity contribution in [3.05, 3.63) is 17.6 Å². The molecule has 1 atom stereocenters. The first-order chi connectivity index (χ1) is 7.31. The molecule has 2 N–H and O–H groups in total. The van der Waals surface area contributed by atoms with E-state index in [9.17, 15) is 0 Å². The minimum absolute atomic E-state index is 0.358. The van der Waals surface area contributed by atoms with Crippen LogP contribution in [0.4, 0.5) is 0 Å². The van der Waals surface area contributed by atoms with Crippen LogP contribution in [0.15, 0.2) is 16.2 Å². The predicted octanol–water partition coefficient (Wildman–Crippen LogP) is 1.22. The summed E-state index contributed by atoms with van der Waals surface area (Å²) in [6.07, 6.45) is 7.19. The number of aromatic nitrogens is 3. The van der Waals surface area contributed by atoms with E-state index in [4.69, 9.17) is 16.7 Å². The van der Waals surface area contributed by atoms with Crippen molar-refractivity contribution < 1.29 is 4.52 Å². The molecule has 76 valence electrons. The first kappa shape index (κ1) is 9.83. The molecule has 15 heavy (non-hydrogen) atoms. The van der Waals surface area contributed by atoms with Crippen molar-refractivity contribution in [2.45, 2.75) is 12.5 Å². The fraction of sp³-hybridized carbons (Fsp3) is 0.222. The van der Waals surface area contributed by atoms with Crippen molar-refractivity contribution in [2.24, 2.45) is 5.73 Å². The molecule has 0 aliphatic heterocycles. The zero-order valence-corrected chi connectivity index (χ0v) is 8.57. The summed E-state index contributed by atoms with van der Waals surface area (Å²) in [4.78, 5) is 8.91. The summed E-state index contributed by atoms with van der Waals surface area (Å²) in [5, 5.41) is 3.80. The van der Waals surface area contributed by atoms with E-state index < -0.39 is 6.04 Å². The third kappa shape index (κ3) is 2.03. The lowest BCUT2D eigenvalue weighted by atomic mass is 10.2. The summed E-state index contributed by atoms with van der Waals surface area (Å²) in [7, 11) is 0. The van der Waals surface area contributed by atoms with Gasteiger partial charge in [0.05, 0.1) is 16.4 Å². The summed E-state index contributed by atoms with van der Waals surface area (Å²) in [6, 6.07) is -0.399. The molecule has 0 saturated carbocycles. The van der Waals surface area contributed by atoms with Gasteiger partial charge in [-0.25, -0.2) is 0 Å². The Morgan fingerprint density at radius 2 is 2.53 bits per heavy atom. The monoisotopic (exact) mass is 220 g/mol. The molecule has 6 heteroatoms. The highest BCUT2D eigenvalue weighted by Crippen LogP contribution is 2.21. The Morgan fingerprint density at radius 1 is 1.67 bits per heavy atom. The molecular weight excluding hydrogens is 212 g/mol. The molecule has 2 heterocycles. The number of hydrogen-bond acceptors (Lipinski definition) is 6. The molecule has 0 fully saturated rings. The lowest BCUT2D eigenvalue weighted by Crippen LogP contribution is -2.09. The van der Waals surface area contributed by atoms with Gasteiger partial charge in [-0.15, -0.1) is 23.7 Å². The normalized spacial score (nSPS) is 12.3. The minimum atomic E-state index is -0.399. The summed E-state index contributed by atoms with van der Waals surface area (Å²) < 4.78 is 5.00. The third-order valence-corrected chi connectivity index (χ3v) is 2.52. The quantitative estimate of drug-likeness (QED) is 0.787. The van der Waals surface area contributed by atoms with Crippen LogP contribution in [0.25, 0.3) is 10.7 Å². The second-order valence-corrected chi connectivity index (χ2v) is 3.72. The predicted molar refractivity (Wildman–Crippen MR) is 55.8 cm³/mol. The minimum Gasteiger partial charge on any atom is -0.337 e. The third-order valence-electron chi connectivity index (χ3n) is 1.75. The van der Waals surface area contributed by atoms with Crippen LogP contribution in [-0.2, 0) is 0 Å². The maximum absolute atomic E-state index is 5.72. The van der Waals surface area contributed by atoms with Gasteiger partial charge in [0, 0.05) is 12.6 Å². The van der Waals surface area contributed by atoms with Crippen molar-refractivity contribution >= 4 is 11.3 Å². The summed E-state index contributed by atoms with van der Waals surface area (Å²) in [6.45, 7) is 0. The fourth-order valence-electron chi connectivity index (χ4n) is 1.03. The molecule has 0 aliphatic rings. The number of rotatable bonds is 3. The van der Waals surface area contributed by atoms with E-state index in [1.54, 1.807) is 11.7 Å². The van der Waals surface area contributed by atoms with Crippen LogP contribution in [0.2, 0.25) is 0 Å². The highest BCUT2D eigenvalue weighted by molar-refractivity contribution is 7.13. The molecule has 1 unspecified atom stereocenters. The van der Waals surface area contributed by atoms with Crippen molar-refractivity contribution in [2.75, 3.05) is 0 Å². The molecule has 2 aromatic heterocycles. The molecule has 0 spiro atoms. The molecule has 0 aliphatic carbocycles. The Morgan fingerprint density at radius 3 is 3.20 bits per heavy atom. The number of thiazole rings is 1. The largest absolute Gasteiger partial charge is 0.337 e. The van der Waals surface area contributed by atoms with E-state index in [0.29, 0.717) is 18.1 Å². The number of hydrogen-bond donors (Lipinski definition) is 1. The molecule has 5 nitrogen and oxygen atoms in total. The van der Waals surface area contributed by atoms with Gasteiger partial charge in [0.15, 0.2) is 0 Å². The second-order valence-electron chi connectivity index (χ2n) is 2.84. The van der Waals surface area contributed by atoms with E-state index >= 15 is 0 Å². The molecule has 0 saturated heterocycles. The van der Waals surface area contributed by atoms with Gasteiger partial charge in [0.1, 0.15) is 0 Å². The van der Waals surface area contributed by atoms with Gasteiger partial charge >= 0.3 is 0 Å². The molecule has 0 radical (unpaired) electrons. The van der Waals surface area contributed by atoms with E-state index in [-0.39, 0.29) is 0 Å². The average molecular weight is 220 g/mol. The number of nitrogens with two attached hydrogens (primary N) is 1. The fourth-order valence-corrected chi connectivity index (χ4v) is 1.57. The average Bonchev–Trinajstić information content (AvgIpc) is 2.89. The van der Waals surface area contributed by atoms with E-state index in [1.807, 2.05) is 0 Å². The van der Waals surface area contributed by atoms with Crippen LogP contribution in [0, 0.1) is 12.3 Å². The Bertz CT molecular complexity index is 471. The van der Waals surface area contributed by atoms with Crippen LogP contribution in [0.3, 0.4) is 0 Å². The van der Waals surface area contributed by atoms with Crippen LogP contribution >= 0.6 is 11.3 Å². The highest BCUT2D eigenvalue weighted by atomic mass is 32.1.